The molecule has 204 valence electrons. The Morgan fingerprint density at radius 1 is 0.846 bits per heavy atom. The smallest absolute Gasteiger partial charge is 0.231 e. The molecule has 3 aromatic carbocycles. The highest BCUT2D eigenvalue weighted by Gasteiger charge is 2.67. The lowest BCUT2D eigenvalue weighted by atomic mass is 9.97. The van der Waals surface area contributed by atoms with Crippen molar-refractivity contribution in [1.29, 1.82) is 0 Å². The van der Waals surface area contributed by atoms with Crippen LogP contribution < -0.4 is 5.32 Å². The number of hydrogen-bond donors (Lipinski definition) is 1. The van der Waals surface area contributed by atoms with Gasteiger partial charge in [0.05, 0.1) is 21.0 Å². The molecule has 1 N–H and O–H groups in total. The van der Waals surface area contributed by atoms with Crippen molar-refractivity contribution < 1.29 is 27.6 Å². The van der Waals surface area contributed by atoms with Crippen molar-refractivity contribution in [1.82, 2.24) is 0 Å². The predicted molar refractivity (Wildman–Crippen MR) is 146 cm³/mol. The Balaban J connectivity index is 1.55. The lowest BCUT2D eigenvalue weighted by molar-refractivity contribution is -0.117. The van der Waals surface area contributed by atoms with Crippen LogP contribution in [0.3, 0.4) is 0 Å². The molecular weight excluding hydrogens is 621 g/mol. The van der Waals surface area contributed by atoms with Gasteiger partial charge >= 0.3 is 0 Å². The first kappa shape index (κ1) is 29.7. The number of alkyl halides is 2. The number of hydrogen-bond acceptors (Lipinski definition) is 3. The van der Waals surface area contributed by atoms with Crippen LogP contribution >= 0.6 is 58.0 Å². The molecule has 0 unspecified atom stereocenters. The van der Waals surface area contributed by atoms with Crippen LogP contribution in [0.25, 0.3) is 0 Å². The first-order chi connectivity index (χ1) is 18.2. The molecular formula is C27H17Cl5F3NO3. The molecule has 4 nitrogen and oxygen atoms in total. The van der Waals surface area contributed by atoms with Crippen molar-refractivity contribution in [2.45, 2.75) is 30.0 Å². The molecule has 39 heavy (non-hydrogen) atoms. The minimum atomic E-state index is -1.43. The summed E-state index contributed by atoms with van der Waals surface area (Å²) in [5.41, 5.74) is -0.737. The summed E-state index contributed by atoms with van der Waals surface area (Å²) in [7, 11) is 0. The topological polar surface area (TPSA) is 63.2 Å². The summed E-state index contributed by atoms with van der Waals surface area (Å²) in [6.45, 7) is 1.12. The molecule has 1 amide bonds. The number of anilines is 1. The summed E-state index contributed by atoms with van der Waals surface area (Å²) < 4.78 is 41.9. The van der Waals surface area contributed by atoms with Crippen LogP contribution in [0.1, 0.15) is 39.9 Å². The molecule has 0 aromatic heterocycles. The Morgan fingerprint density at radius 3 is 2.08 bits per heavy atom. The van der Waals surface area contributed by atoms with E-state index in [2.05, 4.69) is 5.32 Å². The normalized spacial score (nSPS) is 17.6. The first-order valence-electron chi connectivity index (χ1n) is 11.3. The summed E-state index contributed by atoms with van der Waals surface area (Å²) in [6, 6.07) is 9.17. The van der Waals surface area contributed by atoms with E-state index in [0.717, 1.165) is 6.92 Å². The van der Waals surface area contributed by atoms with Crippen molar-refractivity contribution in [2.75, 3.05) is 5.32 Å². The number of halogens is 8. The zero-order valence-corrected chi connectivity index (χ0v) is 23.6. The van der Waals surface area contributed by atoms with Gasteiger partial charge < -0.3 is 5.32 Å². The number of ketones is 2. The molecule has 4 rings (SSSR count). The Bertz CT molecular complexity index is 1530. The lowest BCUT2D eigenvalue weighted by Crippen LogP contribution is -2.18. The van der Waals surface area contributed by atoms with Gasteiger partial charge in [0.25, 0.3) is 0 Å². The van der Waals surface area contributed by atoms with E-state index in [-0.39, 0.29) is 21.3 Å². The summed E-state index contributed by atoms with van der Waals surface area (Å²) in [5.74, 6) is -7.19. The van der Waals surface area contributed by atoms with Crippen molar-refractivity contribution in [3.05, 3.63) is 97.2 Å². The summed E-state index contributed by atoms with van der Waals surface area (Å²) >= 11 is 30.9. The third-order valence-corrected chi connectivity index (χ3v) is 8.31. The van der Waals surface area contributed by atoms with E-state index < -0.39 is 75.1 Å². The van der Waals surface area contributed by atoms with E-state index in [4.69, 9.17) is 58.0 Å². The van der Waals surface area contributed by atoms with E-state index in [1.54, 1.807) is 18.2 Å². The molecule has 0 saturated heterocycles. The van der Waals surface area contributed by atoms with Gasteiger partial charge in [0, 0.05) is 47.2 Å². The minimum Gasteiger partial charge on any atom is -0.326 e. The molecule has 0 heterocycles. The van der Waals surface area contributed by atoms with Crippen LogP contribution in [0, 0.1) is 23.4 Å². The van der Waals surface area contributed by atoms with E-state index in [9.17, 15) is 27.6 Å². The quantitative estimate of drug-likeness (QED) is 0.200. The molecule has 0 radical (unpaired) electrons. The summed E-state index contributed by atoms with van der Waals surface area (Å²) in [5, 5.41) is 3.17. The van der Waals surface area contributed by atoms with Gasteiger partial charge in [-0.15, -0.1) is 23.2 Å². The summed E-state index contributed by atoms with van der Waals surface area (Å²) in [4.78, 5) is 37.4. The molecule has 0 bridgehead atoms. The molecule has 0 spiro atoms. The molecule has 1 fully saturated rings. The van der Waals surface area contributed by atoms with Crippen LogP contribution in [-0.4, -0.2) is 21.8 Å². The predicted octanol–water partition coefficient (Wildman–Crippen LogP) is 8.15. The van der Waals surface area contributed by atoms with Gasteiger partial charge in [-0.1, -0.05) is 40.9 Å². The van der Waals surface area contributed by atoms with E-state index in [1.165, 1.54) is 18.2 Å². The van der Waals surface area contributed by atoms with Crippen LogP contribution in [0.5, 0.6) is 0 Å². The van der Waals surface area contributed by atoms with Gasteiger partial charge in [-0.05, 0) is 42.8 Å². The van der Waals surface area contributed by atoms with Gasteiger partial charge in [0.1, 0.15) is 27.6 Å². The fourth-order valence-corrected chi connectivity index (χ4v) is 5.67. The zero-order chi connectivity index (χ0) is 28.8. The fourth-order valence-electron chi connectivity index (χ4n) is 4.32. The Hall–Kier alpha value is -2.29. The first-order valence-corrected chi connectivity index (χ1v) is 13.2. The van der Waals surface area contributed by atoms with Crippen LogP contribution in [-0.2, 0) is 22.4 Å². The lowest BCUT2D eigenvalue weighted by Gasteiger charge is -2.12. The van der Waals surface area contributed by atoms with Gasteiger partial charge in [-0.2, -0.15) is 0 Å². The fraction of sp³-hybridized carbons (Fsp3) is 0.222. The number of benzene rings is 3. The standard InChI is InChI=1S/C27H17Cl5F3NO3/c1-11(37)6-15-20(33)10-21(34)16(25(15)35)9-22(38)14-8-13(3-5-17(14)28)36-26(39)24-23(27(24,31)32)12-2-4-18(29)19(30)7-12/h2-5,7-8,10,23-24H,6,9H2,1H3,(H,36,39)/t23-,24+/m0/s1. The van der Waals surface area contributed by atoms with Crippen LogP contribution in [0.4, 0.5) is 18.9 Å². The van der Waals surface area contributed by atoms with Gasteiger partial charge in [0.2, 0.25) is 5.91 Å². The third kappa shape index (κ3) is 6.08. The number of Topliss-reactive ketones (excluding diaryl/α,β-unsaturated/α-hetero) is 2. The molecule has 1 aliphatic carbocycles. The van der Waals surface area contributed by atoms with Crippen molar-refractivity contribution in [3.8, 4) is 0 Å². The Labute approximate surface area is 246 Å². The largest absolute Gasteiger partial charge is 0.326 e. The number of carbonyl (C=O) groups is 3. The molecule has 0 aliphatic heterocycles. The highest BCUT2D eigenvalue weighted by Crippen LogP contribution is 2.65. The van der Waals surface area contributed by atoms with Crippen molar-refractivity contribution in [3.63, 3.8) is 0 Å². The number of nitrogens with one attached hydrogen (secondary N) is 1. The number of rotatable bonds is 8. The van der Waals surface area contributed by atoms with Gasteiger partial charge in [0.15, 0.2) is 5.78 Å². The number of carbonyl (C=O) groups excluding carboxylic acids is 3. The highest BCUT2D eigenvalue weighted by molar-refractivity contribution is 6.53. The van der Waals surface area contributed by atoms with E-state index in [0.29, 0.717) is 16.7 Å². The zero-order valence-electron chi connectivity index (χ0n) is 19.9. The van der Waals surface area contributed by atoms with E-state index >= 15 is 0 Å². The second-order valence-corrected chi connectivity index (χ2v) is 11.7. The molecule has 1 aliphatic rings. The number of amides is 1. The second-order valence-electron chi connectivity index (χ2n) is 9.08. The average Bonchev–Trinajstić information content (AvgIpc) is 3.44. The van der Waals surface area contributed by atoms with E-state index in [1.807, 2.05) is 0 Å². The maximum atomic E-state index is 14.9. The minimum absolute atomic E-state index is 0.0472. The average molecular weight is 638 g/mol. The van der Waals surface area contributed by atoms with Crippen LogP contribution in [0.15, 0.2) is 42.5 Å². The van der Waals surface area contributed by atoms with Crippen molar-refractivity contribution >= 4 is 81.2 Å². The maximum absolute atomic E-state index is 14.9. The molecule has 2 atom stereocenters. The third-order valence-electron chi connectivity index (χ3n) is 6.30. The maximum Gasteiger partial charge on any atom is 0.231 e. The van der Waals surface area contributed by atoms with Gasteiger partial charge in [-0.25, -0.2) is 13.2 Å². The Kier molecular flexibility index (Phi) is 8.60. The SMILES string of the molecule is CC(=O)Cc1c(F)cc(F)c(CC(=O)c2cc(NC(=O)[C@H]3[C@H](c4ccc(Cl)c(Cl)c4)C3(Cl)Cl)ccc2Cl)c1F. The van der Waals surface area contributed by atoms with Gasteiger partial charge in [-0.3, -0.25) is 14.4 Å². The Morgan fingerprint density at radius 2 is 1.46 bits per heavy atom. The summed E-state index contributed by atoms with van der Waals surface area (Å²) in [6.07, 6.45) is -1.41. The van der Waals surface area contributed by atoms with Crippen molar-refractivity contribution in [2.24, 2.45) is 5.92 Å². The molecule has 12 heteroatoms. The molecule has 3 aromatic rings. The molecule has 1 saturated carbocycles. The highest BCUT2D eigenvalue weighted by atomic mass is 35.5. The second kappa shape index (κ2) is 11.3. The van der Waals surface area contributed by atoms with Crippen LogP contribution in [0.2, 0.25) is 15.1 Å². The monoisotopic (exact) mass is 635 g/mol.